The topological polar surface area (TPSA) is 23.5 Å². The number of aliphatic hydroxyl groups is 1. The smallest absolute Gasteiger partial charge is 0.0434 e. The predicted octanol–water partition coefficient (Wildman–Crippen LogP) is 3.68. The van der Waals surface area contributed by atoms with Crippen LogP contribution >= 0.6 is 0 Å². The first-order chi connectivity index (χ1) is 8.96. The number of rotatable bonds is 3. The molecule has 0 aromatic heterocycles. The van der Waals surface area contributed by atoms with Crippen LogP contribution in [0.15, 0.2) is 18.2 Å². The van der Waals surface area contributed by atoms with E-state index in [1.54, 1.807) is 0 Å². The Morgan fingerprint density at radius 2 is 2.05 bits per heavy atom. The molecule has 2 rings (SSSR count). The van der Waals surface area contributed by atoms with Crippen LogP contribution in [-0.4, -0.2) is 23.8 Å². The molecule has 1 unspecified atom stereocenters. The van der Waals surface area contributed by atoms with E-state index in [4.69, 9.17) is 0 Å². The van der Waals surface area contributed by atoms with Crippen molar-refractivity contribution in [2.24, 2.45) is 5.92 Å². The van der Waals surface area contributed by atoms with Crippen molar-refractivity contribution in [1.82, 2.24) is 0 Å². The summed E-state index contributed by atoms with van der Waals surface area (Å²) in [6.07, 6.45) is 3.37. The zero-order valence-electron chi connectivity index (χ0n) is 12.7. The number of aliphatic hydroxyl groups excluding tert-OH is 1. The number of anilines is 1. The highest BCUT2D eigenvalue weighted by molar-refractivity contribution is 5.56. The number of hydrogen-bond acceptors (Lipinski definition) is 2. The average molecular weight is 261 g/mol. The predicted molar refractivity (Wildman–Crippen MR) is 81.8 cm³/mol. The largest absolute Gasteiger partial charge is 0.396 e. The fourth-order valence-electron chi connectivity index (χ4n) is 3.55. The molecule has 1 fully saturated rings. The SMILES string of the molecule is Cc1ccc(N2CCCC(CCO)C2(C)C)c(C)c1. The van der Waals surface area contributed by atoms with E-state index in [-0.39, 0.29) is 5.54 Å². The molecule has 2 heteroatoms. The van der Waals surface area contributed by atoms with Crippen LogP contribution in [0.4, 0.5) is 5.69 Å². The molecule has 1 aromatic rings. The Morgan fingerprint density at radius 1 is 1.32 bits per heavy atom. The third-order valence-electron chi connectivity index (χ3n) is 4.75. The Kier molecular flexibility index (Phi) is 4.19. The molecular formula is C17H27NO. The van der Waals surface area contributed by atoms with E-state index < -0.39 is 0 Å². The van der Waals surface area contributed by atoms with Crippen molar-refractivity contribution in [2.45, 2.75) is 52.5 Å². The van der Waals surface area contributed by atoms with Gasteiger partial charge in [0.05, 0.1) is 0 Å². The Labute approximate surface area is 117 Å². The van der Waals surface area contributed by atoms with Crippen molar-refractivity contribution in [3.63, 3.8) is 0 Å². The molecule has 1 atom stereocenters. The normalized spacial score (nSPS) is 22.6. The molecular weight excluding hydrogens is 234 g/mol. The molecule has 0 bridgehead atoms. The highest BCUT2D eigenvalue weighted by atomic mass is 16.3. The monoisotopic (exact) mass is 261 g/mol. The van der Waals surface area contributed by atoms with Crippen molar-refractivity contribution in [3.05, 3.63) is 29.3 Å². The summed E-state index contributed by atoms with van der Waals surface area (Å²) in [5, 5.41) is 9.28. The molecule has 0 amide bonds. The van der Waals surface area contributed by atoms with Crippen LogP contribution in [0.25, 0.3) is 0 Å². The molecule has 1 aliphatic rings. The third kappa shape index (κ3) is 2.79. The van der Waals surface area contributed by atoms with Gasteiger partial charge in [-0.05, 0) is 64.5 Å². The van der Waals surface area contributed by atoms with Crippen LogP contribution in [0.5, 0.6) is 0 Å². The van der Waals surface area contributed by atoms with E-state index in [0.717, 1.165) is 13.0 Å². The second-order valence-electron chi connectivity index (χ2n) is 6.45. The number of aryl methyl sites for hydroxylation is 2. The lowest BCUT2D eigenvalue weighted by Gasteiger charge is -2.50. The first kappa shape index (κ1) is 14.4. The van der Waals surface area contributed by atoms with Gasteiger partial charge in [-0.25, -0.2) is 0 Å². The summed E-state index contributed by atoms with van der Waals surface area (Å²) in [5.74, 6) is 0.576. The van der Waals surface area contributed by atoms with Crippen molar-refractivity contribution in [2.75, 3.05) is 18.1 Å². The van der Waals surface area contributed by atoms with Crippen LogP contribution in [0.3, 0.4) is 0 Å². The highest BCUT2D eigenvalue weighted by Gasteiger charge is 2.38. The number of hydrogen-bond donors (Lipinski definition) is 1. The summed E-state index contributed by atoms with van der Waals surface area (Å²) in [6.45, 7) is 10.4. The Morgan fingerprint density at radius 3 is 2.68 bits per heavy atom. The van der Waals surface area contributed by atoms with Gasteiger partial charge in [-0.15, -0.1) is 0 Å². The van der Waals surface area contributed by atoms with E-state index in [9.17, 15) is 5.11 Å². The maximum atomic E-state index is 9.28. The maximum Gasteiger partial charge on any atom is 0.0434 e. The van der Waals surface area contributed by atoms with Gasteiger partial charge in [0.2, 0.25) is 0 Å². The van der Waals surface area contributed by atoms with Gasteiger partial charge < -0.3 is 10.0 Å². The Bertz CT molecular complexity index is 437. The average Bonchev–Trinajstić information content (AvgIpc) is 2.33. The minimum Gasteiger partial charge on any atom is -0.396 e. The zero-order chi connectivity index (χ0) is 14.0. The fourth-order valence-corrected chi connectivity index (χ4v) is 3.55. The molecule has 19 heavy (non-hydrogen) atoms. The van der Waals surface area contributed by atoms with Gasteiger partial charge >= 0.3 is 0 Å². The van der Waals surface area contributed by atoms with Gasteiger partial charge in [-0.2, -0.15) is 0 Å². The molecule has 2 nitrogen and oxygen atoms in total. The molecule has 0 saturated carbocycles. The summed E-state index contributed by atoms with van der Waals surface area (Å²) in [6, 6.07) is 6.73. The van der Waals surface area contributed by atoms with Crippen molar-refractivity contribution < 1.29 is 5.11 Å². The first-order valence-corrected chi connectivity index (χ1v) is 7.42. The van der Waals surface area contributed by atoms with Gasteiger partial charge in [0.15, 0.2) is 0 Å². The summed E-state index contributed by atoms with van der Waals surface area (Å²) >= 11 is 0. The zero-order valence-corrected chi connectivity index (χ0v) is 12.7. The van der Waals surface area contributed by atoms with E-state index in [1.807, 2.05) is 0 Å². The minimum absolute atomic E-state index is 0.126. The van der Waals surface area contributed by atoms with Crippen molar-refractivity contribution in [3.8, 4) is 0 Å². The molecule has 106 valence electrons. The molecule has 0 spiro atoms. The third-order valence-corrected chi connectivity index (χ3v) is 4.75. The number of nitrogens with zero attached hydrogens (tertiary/aromatic N) is 1. The van der Waals surface area contributed by atoms with Crippen LogP contribution in [0, 0.1) is 19.8 Å². The summed E-state index contributed by atoms with van der Waals surface area (Å²) < 4.78 is 0. The van der Waals surface area contributed by atoms with Gasteiger partial charge in [0, 0.05) is 24.4 Å². The lowest BCUT2D eigenvalue weighted by molar-refractivity contribution is 0.176. The molecule has 1 aliphatic heterocycles. The molecule has 0 radical (unpaired) electrons. The quantitative estimate of drug-likeness (QED) is 0.897. The number of benzene rings is 1. The molecule has 0 aliphatic carbocycles. The van der Waals surface area contributed by atoms with E-state index in [0.29, 0.717) is 12.5 Å². The molecule has 1 saturated heterocycles. The van der Waals surface area contributed by atoms with Crippen molar-refractivity contribution in [1.29, 1.82) is 0 Å². The van der Waals surface area contributed by atoms with Gasteiger partial charge in [0.25, 0.3) is 0 Å². The van der Waals surface area contributed by atoms with Gasteiger partial charge in [0.1, 0.15) is 0 Å². The second kappa shape index (κ2) is 5.54. The Hall–Kier alpha value is -1.02. The van der Waals surface area contributed by atoms with Crippen LogP contribution in [0.1, 0.15) is 44.2 Å². The minimum atomic E-state index is 0.126. The van der Waals surface area contributed by atoms with Gasteiger partial charge in [-0.3, -0.25) is 0 Å². The van der Waals surface area contributed by atoms with E-state index in [2.05, 4.69) is 50.8 Å². The molecule has 1 heterocycles. The Balaban J connectivity index is 2.32. The molecule has 1 aromatic carbocycles. The van der Waals surface area contributed by atoms with Crippen molar-refractivity contribution >= 4 is 5.69 Å². The van der Waals surface area contributed by atoms with Crippen LogP contribution in [0.2, 0.25) is 0 Å². The van der Waals surface area contributed by atoms with Crippen LogP contribution in [-0.2, 0) is 0 Å². The molecule has 1 N–H and O–H groups in total. The lowest BCUT2D eigenvalue weighted by atomic mass is 9.76. The van der Waals surface area contributed by atoms with E-state index in [1.165, 1.54) is 29.7 Å². The lowest BCUT2D eigenvalue weighted by Crippen LogP contribution is -2.54. The first-order valence-electron chi connectivity index (χ1n) is 7.42. The second-order valence-corrected chi connectivity index (χ2v) is 6.45. The van der Waals surface area contributed by atoms with Gasteiger partial charge in [-0.1, -0.05) is 17.7 Å². The van der Waals surface area contributed by atoms with E-state index >= 15 is 0 Å². The highest BCUT2D eigenvalue weighted by Crippen LogP contribution is 2.39. The van der Waals surface area contributed by atoms with Crippen LogP contribution < -0.4 is 4.90 Å². The summed E-state index contributed by atoms with van der Waals surface area (Å²) in [4.78, 5) is 2.55. The standard InChI is InChI=1S/C17H27NO/c1-13-7-8-16(14(2)12-13)18-10-5-6-15(9-11-19)17(18,3)4/h7-8,12,15,19H,5-6,9-11H2,1-4H3. The fraction of sp³-hybridized carbons (Fsp3) is 0.647. The number of piperidine rings is 1. The summed E-state index contributed by atoms with van der Waals surface area (Å²) in [7, 11) is 0. The maximum absolute atomic E-state index is 9.28. The summed E-state index contributed by atoms with van der Waals surface area (Å²) in [5.41, 5.74) is 4.17.